The van der Waals surface area contributed by atoms with Gasteiger partial charge in [-0.15, -0.1) is 0 Å². The number of carbonyl (C=O) groups is 1. The van der Waals surface area contributed by atoms with E-state index in [1.54, 1.807) is 6.92 Å². The van der Waals surface area contributed by atoms with E-state index in [9.17, 15) is 23.7 Å². The Balaban J connectivity index is 2.19. The van der Waals surface area contributed by atoms with E-state index in [4.69, 9.17) is 0 Å². The van der Waals surface area contributed by atoms with Gasteiger partial charge in [0.2, 0.25) is 0 Å². The molecule has 0 aromatic heterocycles. The van der Waals surface area contributed by atoms with Gasteiger partial charge in [-0.1, -0.05) is 22.0 Å². The maximum Gasteiger partial charge on any atom is 0.387 e. The van der Waals surface area contributed by atoms with Crippen molar-refractivity contribution in [3.8, 4) is 5.75 Å². The first-order valence-electron chi connectivity index (χ1n) is 7.04. The zero-order valence-electron chi connectivity index (χ0n) is 13.0. The summed E-state index contributed by atoms with van der Waals surface area (Å²) in [5, 5.41) is 13.4. The molecule has 6 nitrogen and oxygen atoms in total. The molecule has 2 aromatic rings. The molecule has 0 radical (unpaired) electrons. The molecule has 0 aliphatic heterocycles. The topological polar surface area (TPSA) is 81.5 Å². The molecule has 0 saturated carbocycles. The molecule has 0 fully saturated rings. The summed E-state index contributed by atoms with van der Waals surface area (Å²) in [6.07, 6.45) is 0. The summed E-state index contributed by atoms with van der Waals surface area (Å²) in [7, 11) is 0. The molecule has 0 saturated heterocycles. The molecule has 1 N–H and O–H groups in total. The summed E-state index contributed by atoms with van der Waals surface area (Å²) in [4.78, 5) is 22.5. The highest BCUT2D eigenvalue weighted by atomic mass is 79.9. The third kappa shape index (κ3) is 4.96. The quantitative estimate of drug-likeness (QED) is 0.567. The number of hydrogen-bond donors (Lipinski definition) is 1. The number of nitrogens with one attached hydrogen (secondary N) is 1. The SMILES string of the molecule is Cc1ccc([N+](=O)[O-])cc1C(=O)NCc1cc(Br)ccc1OC(F)F. The molecule has 0 bridgehead atoms. The number of rotatable bonds is 6. The fraction of sp³-hybridized carbons (Fsp3) is 0.188. The molecular formula is C16H13BrF2N2O4. The summed E-state index contributed by atoms with van der Waals surface area (Å²) in [6, 6.07) is 8.37. The lowest BCUT2D eigenvalue weighted by Gasteiger charge is -2.13. The largest absolute Gasteiger partial charge is 0.434 e. The minimum Gasteiger partial charge on any atom is -0.434 e. The maximum atomic E-state index is 12.5. The summed E-state index contributed by atoms with van der Waals surface area (Å²) in [5.41, 5.74) is 0.827. The summed E-state index contributed by atoms with van der Waals surface area (Å²) in [6.45, 7) is -1.43. The van der Waals surface area contributed by atoms with Crippen molar-refractivity contribution in [2.24, 2.45) is 0 Å². The Bertz CT molecular complexity index is 815. The highest BCUT2D eigenvalue weighted by molar-refractivity contribution is 9.10. The third-order valence-electron chi connectivity index (χ3n) is 3.35. The van der Waals surface area contributed by atoms with Crippen LogP contribution in [0.4, 0.5) is 14.5 Å². The van der Waals surface area contributed by atoms with Gasteiger partial charge in [0.25, 0.3) is 11.6 Å². The van der Waals surface area contributed by atoms with Crippen molar-refractivity contribution < 1.29 is 23.2 Å². The Morgan fingerprint density at radius 3 is 2.68 bits per heavy atom. The molecule has 132 valence electrons. The van der Waals surface area contributed by atoms with Crippen molar-refractivity contribution in [1.82, 2.24) is 5.32 Å². The van der Waals surface area contributed by atoms with Crippen LogP contribution in [0.1, 0.15) is 21.5 Å². The van der Waals surface area contributed by atoms with Gasteiger partial charge in [0.1, 0.15) is 5.75 Å². The van der Waals surface area contributed by atoms with Gasteiger partial charge in [-0.2, -0.15) is 8.78 Å². The van der Waals surface area contributed by atoms with Gasteiger partial charge >= 0.3 is 6.61 Å². The number of non-ortho nitro benzene ring substituents is 1. The second-order valence-electron chi connectivity index (χ2n) is 5.07. The second-order valence-corrected chi connectivity index (χ2v) is 5.99. The van der Waals surface area contributed by atoms with Crippen molar-refractivity contribution in [2.75, 3.05) is 0 Å². The van der Waals surface area contributed by atoms with Gasteiger partial charge in [-0.25, -0.2) is 0 Å². The number of nitrogens with zero attached hydrogens (tertiary/aromatic N) is 1. The van der Waals surface area contributed by atoms with Crippen molar-refractivity contribution in [1.29, 1.82) is 0 Å². The monoisotopic (exact) mass is 414 g/mol. The molecule has 1 amide bonds. The van der Waals surface area contributed by atoms with E-state index >= 15 is 0 Å². The number of halogens is 3. The van der Waals surface area contributed by atoms with Crippen LogP contribution in [0, 0.1) is 17.0 Å². The molecule has 2 aromatic carbocycles. The van der Waals surface area contributed by atoms with Crippen LogP contribution in [0.25, 0.3) is 0 Å². The first-order valence-corrected chi connectivity index (χ1v) is 7.83. The normalized spacial score (nSPS) is 10.6. The highest BCUT2D eigenvalue weighted by Crippen LogP contribution is 2.25. The number of carbonyl (C=O) groups excluding carboxylic acids is 1. The van der Waals surface area contributed by atoms with Crippen LogP contribution in [0.2, 0.25) is 0 Å². The molecule has 0 aliphatic rings. The number of ether oxygens (including phenoxy) is 1. The molecule has 0 spiro atoms. The predicted molar refractivity (Wildman–Crippen MR) is 89.8 cm³/mol. The van der Waals surface area contributed by atoms with E-state index in [0.717, 1.165) is 0 Å². The lowest BCUT2D eigenvalue weighted by molar-refractivity contribution is -0.384. The fourth-order valence-electron chi connectivity index (χ4n) is 2.14. The zero-order valence-corrected chi connectivity index (χ0v) is 14.5. The maximum absolute atomic E-state index is 12.5. The van der Waals surface area contributed by atoms with Crippen LogP contribution in [0.15, 0.2) is 40.9 Å². The number of nitro groups is 1. The average molecular weight is 415 g/mol. The van der Waals surface area contributed by atoms with Gasteiger partial charge in [0, 0.05) is 34.3 Å². The standard InChI is InChI=1S/C16H13BrF2N2O4/c1-9-2-4-12(21(23)24)7-13(9)15(22)20-8-10-6-11(17)3-5-14(10)25-16(18)19/h2-7,16H,8H2,1H3,(H,20,22). The molecule has 25 heavy (non-hydrogen) atoms. The Labute approximate surface area is 150 Å². The summed E-state index contributed by atoms with van der Waals surface area (Å²) >= 11 is 3.22. The minimum atomic E-state index is -2.99. The number of amides is 1. The smallest absolute Gasteiger partial charge is 0.387 e. The Kier molecular flexibility index (Phi) is 6.02. The number of alkyl halides is 2. The van der Waals surface area contributed by atoms with E-state index in [-0.39, 0.29) is 23.5 Å². The number of nitro benzene ring substituents is 1. The van der Waals surface area contributed by atoms with Crippen LogP contribution in [0.5, 0.6) is 5.75 Å². The molecule has 0 heterocycles. The molecule has 2 rings (SSSR count). The van der Waals surface area contributed by atoms with E-state index in [1.165, 1.54) is 36.4 Å². The Morgan fingerprint density at radius 1 is 1.32 bits per heavy atom. The van der Waals surface area contributed by atoms with Gasteiger partial charge < -0.3 is 10.1 Å². The van der Waals surface area contributed by atoms with E-state index in [2.05, 4.69) is 26.0 Å². The second kappa shape index (κ2) is 8.02. The van der Waals surface area contributed by atoms with Crippen LogP contribution in [-0.4, -0.2) is 17.4 Å². The highest BCUT2D eigenvalue weighted by Gasteiger charge is 2.16. The van der Waals surface area contributed by atoms with Gasteiger partial charge in [0.05, 0.1) is 4.92 Å². The number of hydrogen-bond acceptors (Lipinski definition) is 4. The molecule has 0 aliphatic carbocycles. The van der Waals surface area contributed by atoms with Crippen molar-refractivity contribution >= 4 is 27.5 Å². The Morgan fingerprint density at radius 2 is 2.04 bits per heavy atom. The van der Waals surface area contributed by atoms with E-state index < -0.39 is 17.4 Å². The summed E-state index contributed by atoms with van der Waals surface area (Å²) < 4.78 is 30.0. The third-order valence-corrected chi connectivity index (χ3v) is 3.85. The molecule has 9 heteroatoms. The number of aryl methyl sites for hydroxylation is 1. The average Bonchev–Trinajstić information content (AvgIpc) is 2.54. The van der Waals surface area contributed by atoms with Crippen molar-refractivity contribution in [3.63, 3.8) is 0 Å². The van der Waals surface area contributed by atoms with Crippen LogP contribution in [0.3, 0.4) is 0 Å². The van der Waals surface area contributed by atoms with E-state index in [1.807, 2.05) is 0 Å². The van der Waals surface area contributed by atoms with Crippen LogP contribution < -0.4 is 10.1 Å². The lowest BCUT2D eigenvalue weighted by atomic mass is 10.1. The predicted octanol–water partition coefficient (Wildman–Crippen LogP) is 4.20. The minimum absolute atomic E-state index is 0.0609. The lowest BCUT2D eigenvalue weighted by Crippen LogP contribution is -2.24. The van der Waals surface area contributed by atoms with Gasteiger partial charge in [-0.3, -0.25) is 14.9 Å². The van der Waals surface area contributed by atoms with Crippen molar-refractivity contribution in [2.45, 2.75) is 20.1 Å². The fourth-order valence-corrected chi connectivity index (χ4v) is 2.54. The molecular weight excluding hydrogens is 402 g/mol. The van der Waals surface area contributed by atoms with E-state index in [0.29, 0.717) is 15.6 Å². The van der Waals surface area contributed by atoms with Gasteiger partial charge in [0.15, 0.2) is 0 Å². The van der Waals surface area contributed by atoms with Gasteiger partial charge in [-0.05, 0) is 30.7 Å². The zero-order chi connectivity index (χ0) is 18.6. The first-order chi connectivity index (χ1) is 11.8. The molecule has 0 unspecified atom stereocenters. The van der Waals surface area contributed by atoms with Crippen LogP contribution in [-0.2, 0) is 6.54 Å². The summed E-state index contributed by atoms with van der Waals surface area (Å²) in [5.74, 6) is -0.613. The van der Waals surface area contributed by atoms with Crippen LogP contribution >= 0.6 is 15.9 Å². The molecule has 0 atom stereocenters. The number of benzene rings is 2. The first kappa shape index (κ1) is 18.8. The van der Waals surface area contributed by atoms with Crippen molar-refractivity contribution in [3.05, 3.63) is 67.7 Å². The Hall–Kier alpha value is -2.55.